The van der Waals surface area contributed by atoms with E-state index < -0.39 is 0 Å². The SMILES string of the molecule is C1=CCC2C(=C1)c1ccccc1C21c2ccc3ccccc3c2-c2c1ccc1c3ccc4ccccc4c3n(-c3nc(-c4ccccc4)c4c(ccc5ccccc54)n3)c21. The van der Waals surface area contributed by atoms with Crippen molar-refractivity contribution >= 4 is 70.6 Å². The summed E-state index contributed by atoms with van der Waals surface area (Å²) in [5, 5.41) is 10.7. The molecule has 0 fully saturated rings. The van der Waals surface area contributed by atoms with Crippen LogP contribution in [0.2, 0.25) is 0 Å². The normalized spacial score (nSPS) is 17.5. The van der Waals surface area contributed by atoms with E-state index in [4.69, 9.17) is 9.97 Å². The molecule has 2 atom stereocenters. The standard InChI is InChI=1S/C57H35N3/c1-2-17-37(18-3-1)53-51-39-20-8-5-15-35(39)28-33-49(51)58-56(59-53)60-54-40-21-9-6-16-36(40)26-29-43(54)44-30-32-48-52(55(44)60)50-38-19-7-4-14-34(38)27-31-47(50)57(48)45-24-12-10-22-41(45)42-23-11-13-25-46(42)57/h1-24,26-33,46H,25H2. The molecule has 0 saturated carbocycles. The van der Waals surface area contributed by atoms with Crippen LogP contribution in [0, 0.1) is 5.92 Å². The van der Waals surface area contributed by atoms with Gasteiger partial charge in [0.1, 0.15) is 0 Å². The third-order valence-electron chi connectivity index (χ3n) is 14.0. The average Bonchev–Trinajstić information content (AvgIpc) is 3.93. The third kappa shape index (κ3) is 3.99. The van der Waals surface area contributed by atoms with E-state index in [0.29, 0.717) is 5.95 Å². The second kappa shape index (κ2) is 11.7. The monoisotopic (exact) mass is 761 g/mol. The lowest BCUT2D eigenvalue weighted by Crippen LogP contribution is -2.32. The van der Waals surface area contributed by atoms with Crippen molar-refractivity contribution in [2.45, 2.75) is 11.8 Å². The van der Waals surface area contributed by atoms with Gasteiger partial charge in [-0.05, 0) is 72.8 Å². The molecule has 14 rings (SSSR count). The molecule has 2 aromatic heterocycles. The molecule has 0 radical (unpaired) electrons. The smallest absolute Gasteiger partial charge is 0.235 e. The first-order chi connectivity index (χ1) is 29.8. The van der Waals surface area contributed by atoms with Crippen molar-refractivity contribution in [3.05, 3.63) is 216 Å². The predicted octanol–water partition coefficient (Wildman–Crippen LogP) is 14.1. The molecule has 0 saturated heterocycles. The molecule has 0 N–H and O–H groups in total. The van der Waals surface area contributed by atoms with Crippen molar-refractivity contribution in [3.63, 3.8) is 0 Å². The quantitative estimate of drug-likeness (QED) is 0.164. The lowest BCUT2D eigenvalue weighted by atomic mass is 9.65. The first-order valence-corrected chi connectivity index (χ1v) is 21.0. The molecule has 0 bridgehead atoms. The Hall–Kier alpha value is -7.62. The van der Waals surface area contributed by atoms with E-state index in [0.717, 1.165) is 45.0 Å². The lowest BCUT2D eigenvalue weighted by Gasteiger charge is -2.36. The molecule has 278 valence electrons. The zero-order valence-electron chi connectivity index (χ0n) is 32.6. The Morgan fingerprint density at radius 1 is 0.483 bits per heavy atom. The summed E-state index contributed by atoms with van der Waals surface area (Å²) in [6.45, 7) is 0. The number of hydrogen-bond donors (Lipinski definition) is 0. The summed E-state index contributed by atoms with van der Waals surface area (Å²) >= 11 is 0. The Bertz CT molecular complexity index is 3760. The Morgan fingerprint density at radius 3 is 1.98 bits per heavy atom. The molecule has 60 heavy (non-hydrogen) atoms. The fourth-order valence-corrected chi connectivity index (χ4v) is 11.7. The van der Waals surface area contributed by atoms with E-state index >= 15 is 0 Å². The van der Waals surface area contributed by atoms with Crippen LogP contribution in [0.3, 0.4) is 0 Å². The van der Waals surface area contributed by atoms with Gasteiger partial charge >= 0.3 is 0 Å². The number of fused-ring (bicyclic) bond motifs is 21. The van der Waals surface area contributed by atoms with Gasteiger partial charge in [-0.1, -0.05) is 188 Å². The molecule has 2 heterocycles. The molecule has 2 unspecified atom stereocenters. The average molecular weight is 762 g/mol. The first kappa shape index (κ1) is 32.3. The van der Waals surface area contributed by atoms with Gasteiger partial charge in [0.25, 0.3) is 0 Å². The molecule has 0 amide bonds. The van der Waals surface area contributed by atoms with Crippen LogP contribution in [-0.2, 0) is 5.41 Å². The number of nitrogens with zero attached hydrogens (tertiary/aromatic N) is 3. The summed E-state index contributed by atoms with van der Waals surface area (Å²) in [6, 6.07) is 64.9. The zero-order chi connectivity index (χ0) is 39.1. The van der Waals surface area contributed by atoms with Crippen molar-refractivity contribution in [2.75, 3.05) is 0 Å². The van der Waals surface area contributed by atoms with Crippen molar-refractivity contribution < 1.29 is 0 Å². The van der Waals surface area contributed by atoms with Gasteiger partial charge in [0.2, 0.25) is 5.95 Å². The third-order valence-corrected chi connectivity index (χ3v) is 14.0. The molecule has 11 aromatic rings. The zero-order valence-corrected chi connectivity index (χ0v) is 32.6. The molecule has 3 heteroatoms. The van der Waals surface area contributed by atoms with Crippen LogP contribution >= 0.6 is 0 Å². The van der Waals surface area contributed by atoms with Gasteiger partial charge in [-0.25, -0.2) is 9.97 Å². The highest BCUT2D eigenvalue weighted by atomic mass is 15.2. The number of allylic oxidation sites excluding steroid dienone is 4. The van der Waals surface area contributed by atoms with E-state index in [-0.39, 0.29) is 11.3 Å². The number of rotatable bonds is 2. The molecule has 3 nitrogen and oxygen atoms in total. The van der Waals surface area contributed by atoms with Crippen LogP contribution in [0.25, 0.3) is 98.9 Å². The summed E-state index contributed by atoms with van der Waals surface area (Å²) in [6.07, 6.45) is 7.98. The Morgan fingerprint density at radius 2 is 1.12 bits per heavy atom. The molecular weight excluding hydrogens is 727 g/mol. The van der Waals surface area contributed by atoms with E-state index in [1.165, 1.54) is 76.7 Å². The maximum Gasteiger partial charge on any atom is 0.235 e. The van der Waals surface area contributed by atoms with Crippen LogP contribution in [0.15, 0.2) is 194 Å². The minimum atomic E-state index is -0.377. The van der Waals surface area contributed by atoms with Crippen LogP contribution in [0.5, 0.6) is 0 Å². The highest BCUT2D eigenvalue weighted by Gasteiger charge is 2.57. The number of benzene rings is 9. The topological polar surface area (TPSA) is 30.7 Å². The van der Waals surface area contributed by atoms with Gasteiger partial charge in [0, 0.05) is 38.6 Å². The number of hydrogen-bond acceptors (Lipinski definition) is 2. The Labute approximate surface area is 346 Å². The van der Waals surface area contributed by atoms with Gasteiger partial charge < -0.3 is 0 Å². The maximum atomic E-state index is 5.74. The fraction of sp³-hybridized carbons (Fsp3) is 0.0526. The minimum Gasteiger partial charge on any atom is -0.277 e. The fourth-order valence-electron chi connectivity index (χ4n) is 11.7. The predicted molar refractivity (Wildman–Crippen MR) is 249 cm³/mol. The molecule has 0 aliphatic heterocycles. The largest absolute Gasteiger partial charge is 0.277 e. The van der Waals surface area contributed by atoms with Crippen LogP contribution in [0.4, 0.5) is 0 Å². The second-order valence-corrected chi connectivity index (χ2v) is 16.7. The second-order valence-electron chi connectivity index (χ2n) is 16.7. The highest BCUT2D eigenvalue weighted by molar-refractivity contribution is 6.24. The summed E-state index contributed by atoms with van der Waals surface area (Å²) < 4.78 is 2.44. The summed E-state index contributed by atoms with van der Waals surface area (Å²) in [4.78, 5) is 11.4. The van der Waals surface area contributed by atoms with Crippen molar-refractivity contribution in [2.24, 2.45) is 5.92 Å². The molecule has 9 aromatic carbocycles. The van der Waals surface area contributed by atoms with Crippen molar-refractivity contribution in [1.29, 1.82) is 0 Å². The van der Waals surface area contributed by atoms with Gasteiger partial charge in [-0.3, -0.25) is 4.57 Å². The number of aromatic nitrogens is 3. The van der Waals surface area contributed by atoms with E-state index in [2.05, 4.69) is 199 Å². The van der Waals surface area contributed by atoms with Crippen molar-refractivity contribution in [1.82, 2.24) is 14.5 Å². The van der Waals surface area contributed by atoms with Crippen LogP contribution < -0.4 is 0 Å². The van der Waals surface area contributed by atoms with Gasteiger partial charge in [-0.2, -0.15) is 0 Å². The summed E-state index contributed by atoms with van der Waals surface area (Å²) in [5.74, 6) is 0.934. The van der Waals surface area contributed by atoms with Gasteiger partial charge in [0.15, 0.2) is 0 Å². The molecule has 1 spiro atoms. The van der Waals surface area contributed by atoms with E-state index in [1.807, 2.05) is 0 Å². The maximum absolute atomic E-state index is 5.74. The minimum absolute atomic E-state index is 0.257. The Kier molecular flexibility index (Phi) is 6.33. The highest BCUT2D eigenvalue weighted by Crippen LogP contribution is 2.67. The van der Waals surface area contributed by atoms with Crippen LogP contribution in [0.1, 0.15) is 28.7 Å². The van der Waals surface area contributed by atoms with Crippen molar-refractivity contribution in [3.8, 4) is 28.3 Å². The first-order valence-electron chi connectivity index (χ1n) is 21.0. The molecule has 3 aliphatic carbocycles. The van der Waals surface area contributed by atoms with Gasteiger partial charge in [0.05, 0.1) is 27.7 Å². The van der Waals surface area contributed by atoms with Gasteiger partial charge in [-0.15, -0.1) is 0 Å². The summed E-state index contributed by atoms with van der Waals surface area (Å²) in [7, 11) is 0. The Balaban J connectivity index is 1.22. The summed E-state index contributed by atoms with van der Waals surface area (Å²) in [5.41, 5.74) is 14.4. The van der Waals surface area contributed by atoms with E-state index in [1.54, 1.807) is 0 Å². The lowest BCUT2D eigenvalue weighted by molar-refractivity contribution is 0.495. The van der Waals surface area contributed by atoms with Crippen LogP contribution in [-0.4, -0.2) is 14.5 Å². The molecular formula is C57H35N3. The molecule has 3 aliphatic rings. The van der Waals surface area contributed by atoms with E-state index in [9.17, 15) is 0 Å².